The van der Waals surface area contributed by atoms with Crippen LogP contribution in [0.1, 0.15) is 13.8 Å². The summed E-state index contributed by atoms with van der Waals surface area (Å²) in [7, 11) is -3.86. The zero-order valence-electron chi connectivity index (χ0n) is 15.7. The molecule has 0 aliphatic rings. The van der Waals surface area contributed by atoms with Crippen molar-refractivity contribution in [3.05, 3.63) is 59.1 Å². The summed E-state index contributed by atoms with van der Waals surface area (Å²) < 4.78 is 32.8. The van der Waals surface area contributed by atoms with Gasteiger partial charge in [0, 0.05) is 21.6 Å². The fourth-order valence-electron chi connectivity index (χ4n) is 2.50. The molecule has 1 atom stereocenters. The first-order valence-electron chi connectivity index (χ1n) is 8.74. The van der Waals surface area contributed by atoms with Crippen LogP contribution in [0.4, 0.5) is 5.13 Å². The van der Waals surface area contributed by atoms with Crippen LogP contribution >= 0.6 is 27.5 Å². The summed E-state index contributed by atoms with van der Waals surface area (Å²) in [6.45, 7) is 3.54. The standard InChI is InChI=1S/C19H19BrN4O3S2/c1-12(2)16(24-29(26,27)15-10-8-14(20)9-11-15)18(25)22-19-21-17(23-28-19)13-6-4-3-5-7-13/h3-12,16,24H,1-2H3,(H,21,22,23,25)/t16-/m0/s1. The number of nitrogens with one attached hydrogen (secondary N) is 2. The van der Waals surface area contributed by atoms with Crippen molar-refractivity contribution in [3.8, 4) is 11.4 Å². The SMILES string of the molecule is CC(C)[C@H](NS(=O)(=O)c1ccc(Br)cc1)C(=O)Nc1nc(-c2ccccc2)ns1. The van der Waals surface area contributed by atoms with Gasteiger partial charge in [-0.3, -0.25) is 10.1 Å². The average Bonchev–Trinajstić information content (AvgIpc) is 3.15. The molecule has 0 fully saturated rings. The molecule has 2 aromatic carbocycles. The quantitative estimate of drug-likeness (QED) is 0.518. The summed E-state index contributed by atoms with van der Waals surface area (Å²) >= 11 is 4.32. The molecule has 3 aromatic rings. The topological polar surface area (TPSA) is 101 Å². The predicted molar refractivity (Wildman–Crippen MR) is 117 cm³/mol. The van der Waals surface area contributed by atoms with Crippen molar-refractivity contribution in [1.82, 2.24) is 14.1 Å². The second-order valence-corrected chi connectivity index (χ2v) is 9.96. The molecule has 1 aromatic heterocycles. The molecule has 0 spiro atoms. The van der Waals surface area contributed by atoms with E-state index >= 15 is 0 Å². The predicted octanol–water partition coefficient (Wildman–Crippen LogP) is 3.91. The summed E-state index contributed by atoms with van der Waals surface area (Å²) in [6.07, 6.45) is 0. The highest BCUT2D eigenvalue weighted by Crippen LogP contribution is 2.22. The van der Waals surface area contributed by atoms with E-state index in [2.05, 4.69) is 35.3 Å². The van der Waals surface area contributed by atoms with Gasteiger partial charge in [-0.2, -0.15) is 14.1 Å². The largest absolute Gasteiger partial charge is 0.299 e. The van der Waals surface area contributed by atoms with Crippen molar-refractivity contribution in [2.75, 3.05) is 5.32 Å². The van der Waals surface area contributed by atoms with Gasteiger partial charge in [-0.05, 0) is 30.2 Å². The molecule has 10 heteroatoms. The van der Waals surface area contributed by atoms with Crippen LogP contribution in [-0.4, -0.2) is 29.7 Å². The first-order valence-corrected chi connectivity index (χ1v) is 11.8. The monoisotopic (exact) mass is 494 g/mol. The number of aromatic nitrogens is 2. The molecule has 0 saturated heterocycles. The van der Waals surface area contributed by atoms with E-state index in [1.165, 1.54) is 12.1 Å². The van der Waals surface area contributed by atoms with Crippen molar-refractivity contribution in [2.24, 2.45) is 5.92 Å². The van der Waals surface area contributed by atoms with Crippen LogP contribution in [0.3, 0.4) is 0 Å². The second-order valence-electron chi connectivity index (χ2n) is 6.58. The smallest absolute Gasteiger partial charge is 0.244 e. The molecule has 0 aliphatic carbocycles. The fourth-order valence-corrected chi connectivity index (χ4v) is 4.70. The maximum Gasteiger partial charge on any atom is 0.244 e. The molecular formula is C19H19BrN4O3S2. The Morgan fingerprint density at radius 3 is 2.34 bits per heavy atom. The van der Waals surface area contributed by atoms with Crippen molar-refractivity contribution in [3.63, 3.8) is 0 Å². The second kappa shape index (κ2) is 9.12. The van der Waals surface area contributed by atoms with E-state index in [0.29, 0.717) is 11.0 Å². The van der Waals surface area contributed by atoms with Gasteiger partial charge in [0.15, 0.2) is 5.82 Å². The first kappa shape index (κ1) is 21.6. The molecule has 29 heavy (non-hydrogen) atoms. The van der Waals surface area contributed by atoms with Gasteiger partial charge in [-0.15, -0.1) is 0 Å². The normalized spacial score (nSPS) is 12.7. The number of halogens is 1. The molecule has 1 amide bonds. The number of carbonyl (C=O) groups excluding carboxylic acids is 1. The number of nitrogens with zero attached hydrogens (tertiary/aromatic N) is 2. The number of sulfonamides is 1. The Bertz CT molecular complexity index is 1080. The lowest BCUT2D eigenvalue weighted by Crippen LogP contribution is -2.47. The number of rotatable bonds is 7. The third-order valence-corrected chi connectivity index (χ3v) is 6.66. The van der Waals surface area contributed by atoms with Crippen LogP contribution in [0.15, 0.2) is 64.0 Å². The summed E-state index contributed by atoms with van der Waals surface area (Å²) in [4.78, 5) is 17.2. The molecule has 0 unspecified atom stereocenters. The van der Waals surface area contributed by atoms with Gasteiger partial charge in [0.25, 0.3) is 0 Å². The van der Waals surface area contributed by atoms with Gasteiger partial charge < -0.3 is 0 Å². The molecule has 1 heterocycles. The van der Waals surface area contributed by atoms with Crippen LogP contribution in [0.5, 0.6) is 0 Å². The Kier molecular flexibility index (Phi) is 6.78. The van der Waals surface area contributed by atoms with E-state index in [4.69, 9.17) is 0 Å². The van der Waals surface area contributed by atoms with Crippen LogP contribution in [-0.2, 0) is 14.8 Å². The third kappa shape index (κ3) is 5.47. The van der Waals surface area contributed by atoms with Crippen LogP contribution in [0.25, 0.3) is 11.4 Å². The molecule has 2 N–H and O–H groups in total. The van der Waals surface area contributed by atoms with Gasteiger partial charge in [0.05, 0.1) is 4.90 Å². The number of benzene rings is 2. The number of hydrogen-bond donors (Lipinski definition) is 2. The minimum absolute atomic E-state index is 0.0847. The maximum atomic E-state index is 12.8. The van der Waals surface area contributed by atoms with Gasteiger partial charge in [-0.25, -0.2) is 8.42 Å². The molecule has 0 bridgehead atoms. The lowest BCUT2D eigenvalue weighted by Gasteiger charge is -2.21. The first-order chi connectivity index (χ1) is 13.8. The minimum atomic E-state index is -3.86. The molecule has 7 nitrogen and oxygen atoms in total. The molecular weight excluding hydrogens is 476 g/mol. The van der Waals surface area contributed by atoms with Crippen molar-refractivity contribution >= 4 is 48.5 Å². The van der Waals surface area contributed by atoms with E-state index in [1.807, 2.05) is 30.3 Å². The molecule has 3 rings (SSSR count). The van der Waals surface area contributed by atoms with E-state index < -0.39 is 22.0 Å². The van der Waals surface area contributed by atoms with Crippen LogP contribution in [0, 0.1) is 5.92 Å². The Hall–Kier alpha value is -2.14. The summed E-state index contributed by atoms with van der Waals surface area (Å²) in [5.41, 5.74) is 0.834. The maximum absolute atomic E-state index is 12.8. The van der Waals surface area contributed by atoms with Crippen molar-refractivity contribution in [2.45, 2.75) is 24.8 Å². The number of anilines is 1. The lowest BCUT2D eigenvalue weighted by molar-refractivity contribution is -0.118. The van der Waals surface area contributed by atoms with Gasteiger partial charge in [-0.1, -0.05) is 60.1 Å². The Morgan fingerprint density at radius 2 is 1.72 bits per heavy atom. The van der Waals surface area contributed by atoms with Crippen LogP contribution < -0.4 is 10.0 Å². The number of carbonyl (C=O) groups is 1. The van der Waals surface area contributed by atoms with Gasteiger partial charge in [0.2, 0.25) is 21.1 Å². The summed E-state index contributed by atoms with van der Waals surface area (Å²) in [6, 6.07) is 14.6. The molecule has 152 valence electrons. The zero-order chi connectivity index (χ0) is 21.0. The van der Waals surface area contributed by atoms with Crippen molar-refractivity contribution in [1.29, 1.82) is 0 Å². The molecule has 0 saturated carbocycles. The number of amides is 1. The van der Waals surface area contributed by atoms with Crippen LogP contribution in [0.2, 0.25) is 0 Å². The highest BCUT2D eigenvalue weighted by molar-refractivity contribution is 9.10. The van der Waals surface area contributed by atoms with Gasteiger partial charge in [0.1, 0.15) is 6.04 Å². The highest BCUT2D eigenvalue weighted by Gasteiger charge is 2.29. The Morgan fingerprint density at radius 1 is 1.07 bits per heavy atom. The Labute approximate surface area is 181 Å². The van der Waals surface area contributed by atoms with E-state index in [9.17, 15) is 13.2 Å². The number of hydrogen-bond acceptors (Lipinski definition) is 6. The average molecular weight is 495 g/mol. The third-order valence-electron chi connectivity index (χ3n) is 4.04. The zero-order valence-corrected chi connectivity index (χ0v) is 18.9. The highest BCUT2D eigenvalue weighted by atomic mass is 79.9. The fraction of sp³-hybridized carbons (Fsp3) is 0.211. The van der Waals surface area contributed by atoms with Crippen molar-refractivity contribution < 1.29 is 13.2 Å². The summed E-state index contributed by atoms with van der Waals surface area (Å²) in [5, 5.41) is 2.98. The van der Waals surface area contributed by atoms with E-state index in [-0.39, 0.29) is 10.8 Å². The summed E-state index contributed by atoms with van der Waals surface area (Å²) in [5.74, 6) is -0.263. The minimum Gasteiger partial charge on any atom is -0.299 e. The Balaban J connectivity index is 1.75. The lowest BCUT2D eigenvalue weighted by atomic mass is 10.1. The van der Waals surface area contributed by atoms with E-state index in [0.717, 1.165) is 21.6 Å². The van der Waals surface area contributed by atoms with E-state index in [1.54, 1.807) is 26.0 Å². The molecule has 0 radical (unpaired) electrons. The van der Waals surface area contributed by atoms with Gasteiger partial charge >= 0.3 is 0 Å². The molecule has 0 aliphatic heterocycles.